The topological polar surface area (TPSA) is 24.9 Å². The largest absolute Gasteiger partial charge is 0.304 e. The average molecular weight is 288 g/mol. The van der Waals surface area contributed by atoms with E-state index in [1.54, 1.807) is 0 Å². The van der Waals surface area contributed by atoms with Crippen molar-refractivity contribution in [2.45, 2.75) is 53.6 Å². The minimum atomic E-state index is 0.351. The molecule has 0 amide bonds. The molecule has 0 radical (unpaired) electrons. The van der Waals surface area contributed by atoms with Crippen LogP contribution < -0.4 is 5.32 Å². The van der Waals surface area contributed by atoms with Gasteiger partial charge in [0.15, 0.2) is 0 Å². The molecular weight excluding hydrogens is 264 g/mol. The number of thiazole rings is 1. The molecule has 1 heterocycles. The zero-order chi connectivity index (χ0) is 14.7. The molecule has 3 heteroatoms. The van der Waals surface area contributed by atoms with Crippen molar-refractivity contribution in [2.75, 3.05) is 0 Å². The summed E-state index contributed by atoms with van der Waals surface area (Å²) in [5.41, 5.74) is 5.50. The molecule has 0 aliphatic heterocycles. The predicted molar refractivity (Wildman–Crippen MR) is 87.4 cm³/mol. The van der Waals surface area contributed by atoms with E-state index in [1.807, 2.05) is 17.5 Å². The molecular formula is C17H24N2S. The Morgan fingerprint density at radius 1 is 1.20 bits per heavy atom. The van der Waals surface area contributed by atoms with E-state index >= 15 is 0 Å². The van der Waals surface area contributed by atoms with Gasteiger partial charge in [-0.2, -0.15) is 0 Å². The first-order valence-electron chi connectivity index (χ1n) is 7.26. The minimum Gasteiger partial charge on any atom is -0.304 e. The molecule has 0 aliphatic carbocycles. The van der Waals surface area contributed by atoms with Gasteiger partial charge in [-0.05, 0) is 50.8 Å². The first-order chi connectivity index (χ1) is 9.51. The van der Waals surface area contributed by atoms with Crippen molar-refractivity contribution in [1.29, 1.82) is 0 Å². The highest BCUT2D eigenvalue weighted by atomic mass is 32.1. The van der Waals surface area contributed by atoms with E-state index in [2.05, 4.69) is 57.1 Å². The summed E-state index contributed by atoms with van der Waals surface area (Å²) in [4.78, 5) is 5.83. The summed E-state index contributed by atoms with van der Waals surface area (Å²) in [6.45, 7) is 11.8. The highest BCUT2D eigenvalue weighted by Gasteiger charge is 2.12. The second kappa shape index (κ2) is 6.51. The zero-order valence-electron chi connectivity index (χ0n) is 13.1. The lowest BCUT2D eigenvalue weighted by Gasteiger charge is -2.19. The summed E-state index contributed by atoms with van der Waals surface area (Å²) in [5.74, 6) is 0. The fourth-order valence-corrected chi connectivity index (χ4v) is 3.62. The third-order valence-corrected chi connectivity index (χ3v) is 4.82. The van der Waals surface area contributed by atoms with Crippen LogP contribution in [0.3, 0.4) is 0 Å². The molecule has 0 saturated carbocycles. The van der Waals surface area contributed by atoms with Crippen LogP contribution in [0.2, 0.25) is 0 Å². The van der Waals surface area contributed by atoms with Gasteiger partial charge in [0.1, 0.15) is 5.01 Å². The van der Waals surface area contributed by atoms with Gasteiger partial charge in [0.25, 0.3) is 0 Å². The molecule has 2 rings (SSSR count). The molecule has 1 atom stereocenters. The van der Waals surface area contributed by atoms with Crippen LogP contribution in [-0.2, 0) is 13.0 Å². The van der Waals surface area contributed by atoms with E-state index in [1.165, 1.54) is 32.1 Å². The second-order valence-electron chi connectivity index (χ2n) is 5.49. The first kappa shape index (κ1) is 15.2. The molecule has 0 spiro atoms. The fourth-order valence-electron chi connectivity index (χ4n) is 2.81. The smallest absolute Gasteiger partial charge is 0.107 e. The maximum Gasteiger partial charge on any atom is 0.107 e. The van der Waals surface area contributed by atoms with E-state index in [0.717, 1.165) is 13.0 Å². The Kier molecular flexibility index (Phi) is 4.95. The molecule has 0 saturated heterocycles. The van der Waals surface area contributed by atoms with Crippen molar-refractivity contribution in [1.82, 2.24) is 10.3 Å². The van der Waals surface area contributed by atoms with Gasteiger partial charge in [0, 0.05) is 23.7 Å². The van der Waals surface area contributed by atoms with E-state index < -0.39 is 0 Å². The van der Waals surface area contributed by atoms with Crippen molar-refractivity contribution in [3.63, 3.8) is 0 Å². The molecule has 2 nitrogen and oxygen atoms in total. The van der Waals surface area contributed by atoms with Gasteiger partial charge >= 0.3 is 0 Å². The van der Waals surface area contributed by atoms with Crippen LogP contribution >= 0.6 is 11.3 Å². The molecule has 2 aromatic rings. The fraction of sp³-hybridized carbons (Fsp3) is 0.471. The molecule has 20 heavy (non-hydrogen) atoms. The van der Waals surface area contributed by atoms with Gasteiger partial charge in [0.05, 0.1) is 0 Å². The number of nitrogens with one attached hydrogen (secondary N) is 1. The van der Waals surface area contributed by atoms with Crippen molar-refractivity contribution in [3.8, 4) is 0 Å². The van der Waals surface area contributed by atoms with E-state index in [-0.39, 0.29) is 0 Å². The lowest BCUT2D eigenvalue weighted by Crippen LogP contribution is -2.19. The normalized spacial score (nSPS) is 12.7. The molecule has 0 bridgehead atoms. The van der Waals surface area contributed by atoms with Gasteiger partial charge in [-0.1, -0.05) is 24.6 Å². The first-order valence-corrected chi connectivity index (χ1v) is 8.07. The standard InChI is InChI=1S/C17H24N2S/c1-6-15-9-19-16(20-15)10-18-14(5)17-12(3)7-11(2)8-13(17)4/h7-9,14,18H,6,10H2,1-5H3. The number of nitrogens with zero attached hydrogens (tertiary/aromatic N) is 1. The molecule has 108 valence electrons. The SMILES string of the molecule is CCc1cnc(CNC(C)c2c(C)cc(C)cc2C)s1. The van der Waals surface area contributed by atoms with Crippen molar-refractivity contribution >= 4 is 11.3 Å². The Morgan fingerprint density at radius 2 is 1.85 bits per heavy atom. The third-order valence-electron chi connectivity index (χ3n) is 3.68. The maximum atomic E-state index is 4.47. The maximum absolute atomic E-state index is 4.47. The lowest BCUT2D eigenvalue weighted by atomic mass is 9.95. The molecule has 1 N–H and O–H groups in total. The molecule has 0 fully saturated rings. The minimum absolute atomic E-state index is 0.351. The summed E-state index contributed by atoms with van der Waals surface area (Å²) in [6.07, 6.45) is 3.07. The third kappa shape index (κ3) is 3.47. The highest BCUT2D eigenvalue weighted by molar-refractivity contribution is 7.11. The zero-order valence-corrected chi connectivity index (χ0v) is 13.9. The Morgan fingerprint density at radius 3 is 2.40 bits per heavy atom. The van der Waals surface area contributed by atoms with Gasteiger partial charge < -0.3 is 5.32 Å². The van der Waals surface area contributed by atoms with E-state index in [9.17, 15) is 0 Å². The number of benzene rings is 1. The van der Waals surface area contributed by atoms with Crippen LogP contribution in [0.25, 0.3) is 0 Å². The van der Waals surface area contributed by atoms with Crippen LogP contribution in [0.5, 0.6) is 0 Å². The van der Waals surface area contributed by atoms with Gasteiger partial charge in [-0.15, -0.1) is 11.3 Å². The number of hydrogen-bond donors (Lipinski definition) is 1. The van der Waals surface area contributed by atoms with Crippen LogP contribution in [0, 0.1) is 20.8 Å². The van der Waals surface area contributed by atoms with Crippen LogP contribution in [0.1, 0.15) is 52.0 Å². The Labute approximate surface area is 126 Å². The molecule has 1 aromatic carbocycles. The predicted octanol–water partition coefficient (Wildman–Crippen LogP) is 4.48. The van der Waals surface area contributed by atoms with Gasteiger partial charge in [-0.3, -0.25) is 0 Å². The molecule has 1 unspecified atom stereocenters. The van der Waals surface area contributed by atoms with Crippen LogP contribution in [0.4, 0.5) is 0 Å². The number of aromatic nitrogens is 1. The summed E-state index contributed by atoms with van der Waals surface area (Å²) < 4.78 is 0. The van der Waals surface area contributed by atoms with Crippen molar-refractivity contribution in [2.24, 2.45) is 0 Å². The quantitative estimate of drug-likeness (QED) is 0.877. The summed E-state index contributed by atoms with van der Waals surface area (Å²) >= 11 is 1.81. The highest BCUT2D eigenvalue weighted by Crippen LogP contribution is 2.24. The lowest BCUT2D eigenvalue weighted by molar-refractivity contribution is 0.568. The van der Waals surface area contributed by atoms with Crippen LogP contribution in [0.15, 0.2) is 18.3 Å². The van der Waals surface area contributed by atoms with E-state index in [4.69, 9.17) is 0 Å². The summed E-state index contributed by atoms with van der Waals surface area (Å²) in [6, 6.07) is 4.88. The van der Waals surface area contributed by atoms with Gasteiger partial charge in [0.2, 0.25) is 0 Å². The number of hydrogen-bond acceptors (Lipinski definition) is 3. The Bertz CT molecular complexity index is 563. The Balaban J connectivity index is 2.06. The second-order valence-corrected chi connectivity index (χ2v) is 6.69. The monoisotopic (exact) mass is 288 g/mol. The molecule has 0 aliphatic rings. The van der Waals surface area contributed by atoms with Crippen LogP contribution in [-0.4, -0.2) is 4.98 Å². The molecule has 1 aromatic heterocycles. The van der Waals surface area contributed by atoms with Crippen molar-refractivity contribution in [3.05, 3.63) is 50.5 Å². The number of rotatable bonds is 5. The summed E-state index contributed by atoms with van der Waals surface area (Å²) in [5, 5.41) is 4.78. The van der Waals surface area contributed by atoms with E-state index in [0.29, 0.717) is 6.04 Å². The van der Waals surface area contributed by atoms with Crippen molar-refractivity contribution < 1.29 is 0 Å². The number of aryl methyl sites for hydroxylation is 4. The van der Waals surface area contributed by atoms with Gasteiger partial charge in [-0.25, -0.2) is 4.98 Å². The average Bonchev–Trinajstić information content (AvgIpc) is 2.83. The Hall–Kier alpha value is -1.19. The summed E-state index contributed by atoms with van der Waals surface area (Å²) in [7, 11) is 0.